The molecule has 8 aromatic carbocycles. The number of halogens is 1. The van der Waals surface area contributed by atoms with E-state index in [1.165, 1.54) is 59.5 Å². The highest BCUT2D eigenvalue weighted by Gasteiger charge is 2.35. The molecule has 1 unspecified atom stereocenters. The van der Waals surface area contributed by atoms with Crippen LogP contribution in [0.2, 0.25) is 0 Å². The van der Waals surface area contributed by atoms with Crippen molar-refractivity contribution in [3.8, 4) is 28.0 Å². The van der Waals surface area contributed by atoms with E-state index in [-0.39, 0.29) is 13.1 Å². The number of fused-ring (bicyclic) bond motifs is 3. The van der Waals surface area contributed by atoms with Gasteiger partial charge in [-0.15, -0.1) is 0 Å². The van der Waals surface area contributed by atoms with Crippen molar-refractivity contribution >= 4 is 63.3 Å². The van der Waals surface area contributed by atoms with Crippen LogP contribution in [0.1, 0.15) is 43.0 Å². The Balaban J connectivity index is 0.000000137. The molecule has 2 N–H and O–H groups in total. The number of hydrogen-bond acceptors (Lipinski definition) is 3. The Morgan fingerprint density at radius 3 is 1.68 bits per heavy atom. The van der Waals surface area contributed by atoms with Gasteiger partial charge in [0.15, 0.2) is 0 Å². The first kappa shape index (κ1) is 43.6. The molecule has 1 aliphatic rings. The second-order valence-electron chi connectivity index (χ2n) is 15.8. The van der Waals surface area contributed by atoms with Crippen LogP contribution >= 0.6 is 23.9 Å². The fourth-order valence-corrected chi connectivity index (χ4v) is 10.0. The number of hydrogen-bond donors (Lipinski definition) is 2. The third-order valence-electron chi connectivity index (χ3n) is 10.6. The summed E-state index contributed by atoms with van der Waals surface area (Å²) in [5.74, 6) is 1.09. The zero-order valence-corrected chi connectivity index (χ0v) is 37.6. The van der Waals surface area contributed by atoms with Gasteiger partial charge in [-0.25, -0.2) is 0 Å². The first-order chi connectivity index (χ1) is 28.3. The topological polar surface area (TPSA) is 49.7 Å². The summed E-state index contributed by atoms with van der Waals surface area (Å²) in [5.41, 5.74) is 10.8. The van der Waals surface area contributed by atoms with Gasteiger partial charge in [0, 0.05) is 9.78 Å². The van der Waals surface area contributed by atoms with Gasteiger partial charge in [0.25, 0.3) is 0 Å². The molecule has 6 heteroatoms. The summed E-state index contributed by atoms with van der Waals surface area (Å²) >= 11 is 3.40. The molecule has 8 aromatic rings. The van der Waals surface area contributed by atoms with E-state index >= 15 is 0 Å². The lowest BCUT2D eigenvalue weighted by atomic mass is 9.74. The van der Waals surface area contributed by atoms with Crippen molar-refractivity contribution in [3.05, 3.63) is 197 Å². The monoisotopic (exact) mass is 858 g/mol. The van der Waals surface area contributed by atoms with Crippen LogP contribution in [0, 0.1) is 27.7 Å². The molecule has 0 radical (unpaired) electrons. The Morgan fingerprint density at radius 2 is 1.07 bits per heavy atom. The van der Waals surface area contributed by atoms with Gasteiger partial charge in [0.2, 0.25) is 0 Å². The zero-order chi connectivity index (χ0) is 42.1. The molecule has 0 aromatic heterocycles. The average Bonchev–Trinajstić information content (AvgIpc) is 3.69. The molecular formula is C53H53BBrO3P. The highest BCUT2D eigenvalue weighted by Crippen LogP contribution is 2.55. The summed E-state index contributed by atoms with van der Waals surface area (Å²) < 4.78 is 7.11. The van der Waals surface area contributed by atoms with Crippen LogP contribution in [-0.4, -0.2) is 28.7 Å². The first-order valence-corrected chi connectivity index (χ1v) is 22.4. The normalized spacial score (nSPS) is 12.8. The van der Waals surface area contributed by atoms with Crippen LogP contribution < -0.4 is 15.5 Å². The van der Waals surface area contributed by atoms with Crippen LogP contribution in [0.5, 0.6) is 5.75 Å². The van der Waals surface area contributed by atoms with Crippen molar-refractivity contribution in [1.82, 2.24) is 0 Å². The Labute approximate surface area is 360 Å². The Bertz CT molecular complexity index is 2630. The smallest absolute Gasteiger partial charge is 0.488 e. The van der Waals surface area contributed by atoms with E-state index in [1.54, 1.807) is 0 Å². The third kappa shape index (κ3) is 10.6. The van der Waals surface area contributed by atoms with E-state index in [4.69, 9.17) is 4.74 Å². The predicted octanol–water partition coefficient (Wildman–Crippen LogP) is 13.3. The molecule has 0 bridgehead atoms. The summed E-state index contributed by atoms with van der Waals surface area (Å²) in [5, 5.41) is 24.8. The van der Waals surface area contributed by atoms with Crippen molar-refractivity contribution < 1.29 is 14.8 Å². The minimum absolute atomic E-state index is 0.269. The van der Waals surface area contributed by atoms with Crippen molar-refractivity contribution in [2.24, 2.45) is 0 Å². The minimum Gasteiger partial charge on any atom is -0.488 e. The van der Waals surface area contributed by atoms with Crippen molar-refractivity contribution in [2.45, 2.75) is 53.6 Å². The second kappa shape index (κ2) is 19.8. The number of ether oxygens (including phenoxy) is 1. The zero-order valence-electron chi connectivity index (χ0n) is 35.1. The van der Waals surface area contributed by atoms with Crippen LogP contribution in [0.3, 0.4) is 0 Å². The molecule has 9 rings (SSSR count). The van der Waals surface area contributed by atoms with E-state index in [9.17, 15) is 10.0 Å². The van der Waals surface area contributed by atoms with Gasteiger partial charge in [-0.05, 0) is 119 Å². The molecule has 0 aliphatic carbocycles. The predicted molar refractivity (Wildman–Crippen MR) is 260 cm³/mol. The standard InChI is InChI=1S/C18H16.C17H19OP.C11H11BO2.C7H7Br/c1-13-7-3-5-9-16(13)18-14(2)11-12-15-8-4-6-10-17(15)18;1-17(2,3)19-12-18-15-11-7-10-14(16(15)19)13-8-5-4-6-9-13;1-8-6-7-9-4-2-3-5-10(9)11(8)12(13)14;1-6-4-2-3-5-7(6)8/h3-12H,1-2H3;4-11H,12H2,1-3H3;2-7,13-14H,1H3;2-5H,1H3. The summed E-state index contributed by atoms with van der Waals surface area (Å²) in [6.07, 6.45) is 0.859. The highest BCUT2D eigenvalue weighted by atomic mass is 79.9. The molecule has 1 aliphatic heterocycles. The highest BCUT2D eigenvalue weighted by molar-refractivity contribution is 9.10. The van der Waals surface area contributed by atoms with Crippen LogP contribution in [-0.2, 0) is 0 Å². The molecule has 0 amide bonds. The maximum atomic E-state index is 9.26. The quantitative estimate of drug-likeness (QED) is 0.137. The molecule has 298 valence electrons. The lowest BCUT2D eigenvalue weighted by Crippen LogP contribution is -2.32. The lowest BCUT2D eigenvalue weighted by Gasteiger charge is -2.27. The Morgan fingerprint density at radius 1 is 0.525 bits per heavy atom. The summed E-state index contributed by atoms with van der Waals surface area (Å²) in [6, 6.07) is 58.4. The molecule has 1 heterocycles. The second-order valence-corrected chi connectivity index (χ2v) is 19.6. The van der Waals surface area contributed by atoms with Gasteiger partial charge in [-0.3, -0.25) is 0 Å². The maximum Gasteiger partial charge on any atom is 0.489 e. The third-order valence-corrected chi connectivity index (χ3v) is 14.5. The van der Waals surface area contributed by atoms with Crippen LogP contribution in [0.25, 0.3) is 43.8 Å². The van der Waals surface area contributed by atoms with Crippen LogP contribution in [0.4, 0.5) is 0 Å². The fraction of sp³-hybridized carbons (Fsp3) is 0.170. The van der Waals surface area contributed by atoms with Gasteiger partial charge in [-0.2, -0.15) is 0 Å². The number of rotatable bonds is 3. The van der Waals surface area contributed by atoms with E-state index in [0.717, 1.165) is 28.4 Å². The van der Waals surface area contributed by atoms with E-state index < -0.39 is 7.12 Å². The average molecular weight is 860 g/mol. The Kier molecular flexibility index (Phi) is 14.6. The Hall–Kier alpha value is -5.03. The molecule has 0 spiro atoms. The molecule has 0 saturated carbocycles. The maximum absolute atomic E-state index is 9.26. The first-order valence-electron chi connectivity index (χ1n) is 20.0. The summed E-state index contributed by atoms with van der Waals surface area (Å²) in [7, 11) is -1.67. The molecule has 0 fully saturated rings. The van der Waals surface area contributed by atoms with Gasteiger partial charge < -0.3 is 14.8 Å². The van der Waals surface area contributed by atoms with Crippen molar-refractivity contribution in [3.63, 3.8) is 0 Å². The lowest BCUT2D eigenvalue weighted by molar-refractivity contribution is 0.400. The van der Waals surface area contributed by atoms with Gasteiger partial charge in [-0.1, -0.05) is 200 Å². The molecule has 3 nitrogen and oxygen atoms in total. The summed E-state index contributed by atoms with van der Waals surface area (Å²) in [4.78, 5) is 0. The van der Waals surface area contributed by atoms with Crippen LogP contribution in [0.15, 0.2) is 174 Å². The SMILES string of the molecule is CC(C)(C)P1COc2cccc(-c3ccccc3)c21.Cc1ccc2ccccc2c1B(O)O.Cc1ccccc1-c1c(C)ccc2ccccc12.Cc1ccccc1Br. The van der Waals surface area contributed by atoms with Gasteiger partial charge in [0.05, 0.1) is 0 Å². The minimum atomic E-state index is -1.40. The molecule has 1 atom stereocenters. The van der Waals surface area contributed by atoms with E-state index in [0.29, 0.717) is 5.46 Å². The molecular weight excluding hydrogens is 806 g/mol. The van der Waals surface area contributed by atoms with Crippen molar-refractivity contribution in [2.75, 3.05) is 6.35 Å². The fourth-order valence-electron chi connectivity index (χ4n) is 7.39. The molecule has 0 saturated heterocycles. The van der Waals surface area contributed by atoms with E-state index in [1.807, 2.05) is 61.5 Å². The van der Waals surface area contributed by atoms with Gasteiger partial charge in [0.1, 0.15) is 12.1 Å². The van der Waals surface area contributed by atoms with Gasteiger partial charge >= 0.3 is 7.12 Å². The number of aryl methyl sites for hydroxylation is 4. The largest absolute Gasteiger partial charge is 0.489 e. The molecule has 59 heavy (non-hydrogen) atoms. The summed E-state index contributed by atoms with van der Waals surface area (Å²) in [6.45, 7) is 15.3. The van der Waals surface area contributed by atoms with E-state index in [2.05, 4.69) is 173 Å². The van der Waals surface area contributed by atoms with Crippen molar-refractivity contribution in [1.29, 1.82) is 0 Å². The number of benzene rings is 8.